The number of amides is 1. The molecule has 18 heavy (non-hydrogen) atoms. The van der Waals surface area contributed by atoms with Crippen LogP contribution in [0.5, 0.6) is 0 Å². The van der Waals surface area contributed by atoms with Crippen molar-refractivity contribution in [3.05, 3.63) is 29.8 Å². The van der Waals surface area contributed by atoms with Crippen molar-refractivity contribution in [2.24, 2.45) is 17.6 Å². The molecule has 0 heterocycles. The largest absolute Gasteiger partial charge is 0.389 e. The SMILES string of the molecule is CC(C)C(C)C(=O)N(C)c1cccc(C(N)=S)c1. The third-order valence-electron chi connectivity index (χ3n) is 3.24. The van der Waals surface area contributed by atoms with E-state index in [1.54, 1.807) is 11.9 Å². The number of carbonyl (C=O) groups is 1. The van der Waals surface area contributed by atoms with E-state index in [9.17, 15) is 4.79 Å². The van der Waals surface area contributed by atoms with Gasteiger partial charge in [0.1, 0.15) is 4.99 Å². The maximum atomic E-state index is 12.2. The van der Waals surface area contributed by atoms with E-state index in [4.69, 9.17) is 18.0 Å². The number of benzene rings is 1. The molecule has 0 aliphatic rings. The van der Waals surface area contributed by atoms with Gasteiger partial charge in [0.05, 0.1) is 0 Å². The standard InChI is InChI=1S/C14H20N2OS/c1-9(2)10(3)14(17)16(4)12-7-5-6-11(8-12)13(15)18/h5-10H,1-4H3,(H2,15,18). The van der Waals surface area contributed by atoms with Crippen molar-refractivity contribution < 1.29 is 4.79 Å². The molecule has 1 amide bonds. The van der Waals surface area contributed by atoms with Crippen molar-refractivity contribution in [3.8, 4) is 0 Å². The molecule has 2 N–H and O–H groups in total. The second-order valence-electron chi connectivity index (χ2n) is 4.84. The third kappa shape index (κ3) is 3.29. The zero-order chi connectivity index (χ0) is 13.9. The van der Waals surface area contributed by atoms with Gasteiger partial charge in [-0.05, 0) is 18.1 Å². The summed E-state index contributed by atoms with van der Waals surface area (Å²) in [4.78, 5) is 14.2. The van der Waals surface area contributed by atoms with E-state index in [0.717, 1.165) is 11.3 Å². The van der Waals surface area contributed by atoms with Crippen LogP contribution in [0, 0.1) is 11.8 Å². The van der Waals surface area contributed by atoms with Gasteiger partial charge >= 0.3 is 0 Å². The Bertz CT molecular complexity index is 457. The van der Waals surface area contributed by atoms with Gasteiger partial charge in [-0.1, -0.05) is 45.1 Å². The average Bonchev–Trinajstić information content (AvgIpc) is 2.36. The number of nitrogens with two attached hydrogens (primary N) is 1. The number of thiocarbonyl (C=S) groups is 1. The number of hydrogen-bond acceptors (Lipinski definition) is 2. The molecule has 1 unspecified atom stereocenters. The first-order chi connectivity index (χ1) is 8.34. The van der Waals surface area contributed by atoms with E-state index in [0.29, 0.717) is 10.9 Å². The van der Waals surface area contributed by atoms with E-state index < -0.39 is 0 Å². The van der Waals surface area contributed by atoms with Crippen molar-refractivity contribution in [3.63, 3.8) is 0 Å². The minimum Gasteiger partial charge on any atom is -0.389 e. The summed E-state index contributed by atoms with van der Waals surface area (Å²) >= 11 is 4.94. The van der Waals surface area contributed by atoms with Crippen LogP contribution in [0.15, 0.2) is 24.3 Å². The molecule has 0 fully saturated rings. The molecule has 0 aliphatic heterocycles. The molecule has 0 saturated carbocycles. The maximum absolute atomic E-state index is 12.2. The Morgan fingerprint density at radius 2 is 1.94 bits per heavy atom. The van der Waals surface area contributed by atoms with Crippen molar-refractivity contribution >= 4 is 28.8 Å². The lowest BCUT2D eigenvalue weighted by atomic mass is 9.96. The van der Waals surface area contributed by atoms with E-state index in [-0.39, 0.29) is 11.8 Å². The molecule has 1 aromatic carbocycles. The molecule has 0 aliphatic carbocycles. The molecule has 3 nitrogen and oxygen atoms in total. The molecule has 4 heteroatoms. The topological polar surface area (TPSA) is 46.3 Å². The highest BCUT2D eigenvalue weighted by Crippen LogP contribution is 2.20. The minimum atomic E-state index is -0.0107. The maximum Gasteiger partial charge on any atom is 0.229 e. The quantitative estimate of drug-likeness (QED) is 0.850. The van der Waals surface area contributed by atoms with E-state index >= 15 is 0 Å². The molecular weight excluding hydrogens is 244 g/mol. The zero-order valence-corrected chi connectivity index (χ0v) is 12.1. The highest BCUT2D eigenvalue weighted by atomic mass is 32.1. The molecular formula is C14H20N2OS. The molecule has 0 aromatic heterocycles. The lowest BCUT2D eigenvalue weighted by Gasteiger charge is -2.24. The summed E-state index contributed by atoms with van der Waals surface area (Å²) in [5.74, 6) is 0.410. The average molecular weight is 264 g/mol. The van der Waals surface area contributed by atoms with Crippen LogP contribution in [-0.2, 0) is 4.79 Å². The first kappa shape index (κ1) is 14.6. The molecule has 1 aromatic rings. The van der Waals surface area contributed by atoms with Gasteiger partial charge in [0.2, 0.25) is 5.91 Å². The normalized spacial score (nSPS) is 12.3. The number of anilines is 1. The predicted octanol–water partition coefficient (Wildman–Crippen LogP) is 2.58. The summed E-state index contributed by atoms with van der Waals surface area (Å²) in [6.45, 7) is 6.03. The Kier molecular flexibility index (Phi) is 4.84. The van der Waals surface area contributed by atoms with Crippen molar-refractivity contribution in [2.75, 3.05) is 11.9 Å². The molecule has 0 saturated heterocycles. The fourth-order valence-corrected chi connectivity index (χ4v) is 1.71. The highest BCUT2D eigenvalue weighted by Gasteiger charge is 2.21. The van der Waals surface area contributed by atoms with Crippen molar-refractivity contribution in [1.82, 2.24) is 0 Å². The Labute approximate surface area is 114 Å². The van der Waals surface area contributed by atoms with E-state index in [2.05, 4.69) is 0 Å². The van der Waals surface area contributed by atoms with Crippen LogP contribution in [0.2, 0.25) is 0 Å². The lowest BCUT2D eigenvalue weighted by molar-refractivity contribution is -0.122. The van der Waals surface area contributed by atoms with Crippen LogP contribution >= 0.6 is 12.2 Å². The smallest absolute Gasteiger partial charge is 0.229 e. The molecule has 98 valence electrons. The van der Waals surface area contributed by atoms with Gasteiger partial charge < -0.3 is 10.6 Å². The van der Waals surface area contributed by atoms with E-state index in [1.807, 2.05) is 45.0 Å². The van der Waals surface area contributed by atoms with Crippen LogP contribution in [0.25, 0.3) is 0 Å². The number of rotatable bonds is 4. The minimum absolute atomic E-state index is 0.0107. The Hall–Kier alpha value is -1.42. The van der Waals surface area contributed by atoms with Gasteiger partial charge in [0.15, 0.2) is 0 Å². The Morgan fingerprint density at radius 1 is 1.33 bits per heavy atom. The number of hydrogen-bond donors (Lipinski definition) is 1. The second-order valence-corrected chi connectivity index (χ2v) is 5.28. The van der Waals surface area contributed by atoms with Crippen LogP contribution in [0.1, 0.15) is 26.3 Å². The third-order valence-corrected chi connectivity index (χ3v) is 3.47. The summed E-state index contributed by atoms with van der Waals surface area (Å²) in [6, 6.07) is 7.42. The summed E-state index contributed by atoms with van der Waals surface area (Å²) < 4.78 is 0. The zero-order valence-electron chi connectivity index (χ0n) is 11.3. The predicted molar refractivity (Wildman–Crippen MR) is 79.7 cm³/mol. The van der Waals surface area contributed by atoms with Gasteiger partial charge in [-0.3, -0.25) is 4.79 Å². The fourth-order valence-electron chi connectivity index (χ4n) is 1.59. The molecule has 1 rings (SSSR count). The molecule has 0 spiro atoms. The van der Waals surface area contributed by atoms with Crippen molar-refractivity contribution in [2.45, 2.75) is 20.8 Å². The van der Waals surface area contributed by atoms with Crippen LogP contribution in [-0.4, -0.2) is 17.9 Å². The van der Waals surface area contributed by atoms with Crippen molar-refractivity contribution in [1.29, 1.82) is 0 Å². The molecule has 0 radical (unpaired) electrons. The van der Waals surface area contributed by atoms with Gasteiger partial charge in [-0.2, -0.15) is 0 Å². The highest BCUT2D eigenvalue weighted by molar-refractivity contribution is 7.80. The van der Waals surface area contributed by atoms with Gasteiger partial charge in [0.25, 0.3) is 0 Å². The summed E-state index contributed by atoms with van der Waals surface area (Å²) in [6.07, 6.45) is 0. The molecule has 1 atom stereocenters. The second kappa shape index (κ2) is 5.96. The Balaban J connectivity index is 2.96. The number of nitrogens with zero attached hydrogens (tertiary/aromatic N) is 1. The first-order valence-electron chi connectivity index (χ1n) is 6.02. The van der Waals surface area contributed by atoms with Gasteiger partial charge in [-0.15, -0.1) is 0 Å². The monoisotopic (exact) mass is 264 g/mol. The number of carbonyl (C=O) groups excluding carboxylic acids is 1. The summed E-state index contributed by atoms with van der Waals surface area (Å²) in [7, 11) is 1.78. The first-order valence-corrected chi connectivity index (χ1v) is 6.43. The van der Waals surface area contributed by atoms with Crippen LogP contribution in [0.3, 0.4) is 0 Å². The lowest BCUT2D eigenvalue weighted by Crippen LogP contribution is -2.34. The van der Waals surface area contributed by atoms with Crippen LogP contribution in [0.4, 0.5) is 5.69 Å². The van der Waals surface area contributed by atoms with Gasteiger partial charge in [-0.25, -0.2) is 0 Å². The summed E-state index contributed by atoms with van der Waals surface area (Å²) in [5.41, 5.74) is 7.19. The van der Waals surface area contributed by atoms with E-state index in [1.165, 1.54) is 0 Å². The Morgan fingerprint density at radius 3 is 2.44 bits per heavy atom. The van der Waals surface area contributed by atoms with Gasteiger partial charge in [0, 0.05) is 24.2 Å². The van der Waals surface area contributed by atoms with Crippen LogP contribution < -0.4 is 10.6 Å². The fraction of sp³-hybridized carbons (Fsp3) is 0.429. The molecule has 0 bridgehead atoms. The summed E-state index contributed by atoms with van der Waals surface area (Å²) in [5, 5.41) is 0.